The number of ether oxygens (including phenoxy) is 3. The molecule has 8 nitrogen and oxygen atoms in total. The number of carbonyl (C=O) groups is 2. The number of carboxylic acid groups (broad SMARTS) is 1. The molecule has 2 atom stereocenters. The standard InChI is InChI=1S/C17H23NO7S/c1-17(2,3)25-16(22)18-10(15(20)21)8-26-14(18)9-6-11(23-4)13(19)12(7-9)24-5/h6-7,10,14,19H,8H2,1-5H3,(H,20,21)/t10-,14?/m0/s1. The molecule has 0 aliphatic carbocycles. The predicted octanol–water partition coefficient (Wildman–Crippen LogP) is 2.85. The number of benzene rings is 1. The topological polar surface area (TPSA) is 106 Å². The van der Waals surface area contributed by atoms with Crippen LogP contribution in [0, 0.1) is 0 Å². The fourth-order valence-corrected chi connectivity index (χ4v) is 3.94. The number of aromatic hydroxyl groups is 1. The van der Waals surface area contributed by atoms with Gasteiger partial charge in [-0.05, 0) is 38.5 Å². The van der Waals surface area contributed by atoms with Crippen molar-refractivity contribution in [2.75, 3.05) is 20.0 Å². The van der Waals surface area contributed by atoms with Gasteiger partial charge in [0.1, 0.15) is 17.0 Å². The first-order chi connectivity index (χ1) is 12.1. The summed E-state index contributed by atoms with van der Waals surface area (Å²) in [6.07, 6.45) is -0.717. The van der Waals surface area contributed by atoms with Crippen molar-refractivity contribution >= 4 is 23.8 Å². The average Bonchev–Trinajstić information content (AvgIpc) is 2.99. The molecule has 1 aromatic carbocycles. The second-order valence-corrected chi connectivity index (χ2v) is 7.81. The van der Waals surface area contributed by atoms with Gasteiger partial charge in [-0.25, -0.2) is 9.59 Å². The highest BCUT2D eigenvalue weighted by atomic mass is 32.2. The Bertz CT molecular complexity index is 676. The number of phenolic OH excluding ortho intramolecular Hbond substituents is 1. The van der Waals surface area contributed by atoms with E-state index < -0.39 is 29.1 Å². The average molecular weight is 385 g/mol. The van der Waals surface area contributed by atoms with E-state index in [-0.39, 0.29) is 23.0 Å². The molecule has 0 radical (unpaired) electrons. The molecule has 1 fully saturated rings. The molecule has 26 heavy (non-hydrogen) atoms. The van der Waals surface area contributed by atoms with Crippen molar-refractivity contribution in [3.63, 3.8) is 0 Å². The van der Waals surface area contributed by atoms with Crippen molar-refractivity contribution in [1.29, 1.82) is 0 Å². The number of aliphatic carboxylic acids is 1. The fraction of sp³-hybridized carbons (Fsp3) is 0.529. The smallest absolute Gasteiger partial charge is 0.412 e. The van der Waals surface area contributed by atoms with Crippen LogP contribution >= 0.6 is 11.8 Å². The Balaban J connectivity index is 2.46. The van der Waals surface area contributed by atoms with Crippen LogP contribution in [0.5, 0.6) is 17.2 Å². The summed E-state index contributed by atoms with van der Waals surface area (Å²) < 4.78 is 15.7. The summed E-state index contributed by atoms with van der Waals surface area (Å²) in [7, 11) is 2.79. The van der Waals surface area contributed by atoms with Crippen molar-refractivity contribution in [2.45, 2.75) is 37.8 Å². The summed E-state index contributed by atoms with van der Waals surface area (Å²) in [5.41, 5.74) is -0.196. The van der Waals surface area contributed by atoms with Gasteiger partial charge in [0, 0.05) is 5.75 Å². The molecule has 0 bridgehead atoms. The van der Waals surface area contributed by atoms with Gasteiger partial charge in [0.15, 0.2) is 11.5 Å². The first-order valence-corrected chi connectivity index (χ1v) is 8.94. The first kappa shape index (κ1) is 20.0. The van der Waals surface area contributed by atoms with Crippen LogP contribution in [0.15, 0.2) is 12.1 Å². The zero-order chi connectivity index (χ0) is 19.6. The van der Waals surface area contributed by atoms with E-state index in [0.717, 1.165) is 0 Å². The third kappa shape index (κ3) is 4.09. The molecule has 1 saturated heterocycles. The minimum absolute atomic E-state index is 0.166. The summed E-state index contributed by atoms with van der Waals surface area (Å²) in [4.78, 5) is 25.5. The molecule has 0 aromatic heterocycles. The van der Waals surface area contributed by atoms with Crippen LogP contribution in [-0.2, 0) is 9.53 Å². The third-order valence-corrected chi connectivity index (χ3v) is 5.00. The summed E-state index contributed by atoms with van der Waals surface area (Å²) in [5, 5.41) is 18.9. The van der Waals surface area contributed by atoms with Gasteiger partial charge in [-0.15, -0.1) is 11.8 Å². The second kappa shape index (κ2) is 7.53. The molecule has 1 aromatic rings. The van der Waals surface area contributed by atoms with E-state index in [1.54, 1.807) is 32.9 Å². The van der Waals surface area contributed by atoms with E-state index in [9.17, 15) is 19.8 Å². The number of thioether (sulfide) groups is 1. The van der Waals surface area contributed by atoms with Gasteiger partial charge < -0.3 is 24.4 Å². The monoisotopic (exact) mass is 385 g/mol. The van der Waals surface area contributed by atoms with Gasteiger partial charge in [0.05, 0.1) is 14.2 Å². The van der Waals surface area contributed by atoms with E-state index in [0.29, 0.717) is 5.56 Å². The second-order valence-electron chi connectivity index (χ2n) is 6.70. The van der Waals surface area contributed by atoms with Gasteiger partial charge in [0.2, 0.25) is 5.75 Å². The Morgan fingerprint density at radius 2 is 1.73 bits per heavy atom. The molecule has 9 heteroatoms. The summed E-state index contributed by atoms with van der Waals surface area (Å²) in [6, 6.07) is 2.08. The lowest BCUT2D eigenvalue weighted by Gasteiger charge is -2.30. The molecule has 1 aliphatic rings. The molecule has 1 heterocycles. The van der Waals surface area contributed by atoms with Crippen LogP contribution in [0.2, 0.25) is 0 Å². The number of nitrogens with zero attached hydrogens (tertiary/aromatic N) is 1. The number of phenols is 1. The zero-order valence-corrected chi connectivity index (χ0v) is 16.1. The number of hydrogen-bond donors (Lipinski definition) is 2. The van der Waals surface area contributed by atoms with E-state index >= 15 is 0 Å². The highest BCUT2D eigenvalue weighted by Crippen LogP contribution is 2.47. The van der Waals surface area contributed by atoms with Crippen molar-refractivity contribution in [1.82, 2.24) is 4.90 Å². The molecule has 0 spiro atoms. The van der Waals surface area contributed by atoms with E-state index in [1.807, 2.05) is 0 Å². The minimum atomic E-state index is -1.11. The molecule has 144 valence electrons. The van der Waals surface area contributed by atoms with Gasteiger partial charge in [-0.2, -0.15) is 0 Å². The Morgan fingerprint density at radius 1 is 1.19 bits per heavy atom. The maximum atomic E-state index is 12.7. The lowest BCUT2D eigenvalue weighted by atomic mass is 10.1. The van der Waals surface area contributed by atoms with Crippen molar-refractivity contribution < 1.29 is 34.0 Å². The van der Waals surface area contributed by atoms with Crippen LogP contribution in [-0.4, -0.2) is 58.8 Å². The number of hydrogen-bond acceptors (Lipinski definition) is 7. The Hall–Kier alpha value is -2.29. The minimum Gasteiger partial charge on any atom is -0.502 e. The van der Waals surface area contributed by atoms with Crippen molar-refractivity contribution in [2.24, 2.45) is 0 Å². The van der Waals surface area contributed by atoms with Crippen molar-refractivity contribution in [3.05, 3.63) is 17.7 Å². The molecular formula is C17H23NO7S. The summed E-state index contributed by atoms with van der Waals surface area (Å²) >= 11 is 1.29. The number of amides is 1. The maximum absolute atomic E-state index is 12.7. The third-order valence-electron chi connectivity index (χ3n) is 3.68. The van der Waals surface area contributed by atoms with E-state index in [1.165, 1.54) is 30.9 Å². The fourth-order valence-electron chi connectivity index (χ4n) is 2.55. The molecule has 0 saturated carbocycles. The molecule has 1 unspecified atom stereocenters. The van der Waals surface area contributed by atoms with Crippen LogP contribution in [0.3, 0.4) is 0 Å². The lowest BCUT2D eigenvalue weighted by Crippen LogP contribution is -2.45. The maximum Gasteiger partial charge on any atom is 0.412 e. The molecule has 1 amide bonds. The zero-order valence-electron chi connectivity index (χ0n) is 15.3. The first-order valence-electron chi connectivity index (χ1n) is 7.89. The molecular weight excluding hydrogens is 362 g/mol. The number of methoxy groups -OCH3 is 2. The van der Waals surface area contributed by atoms with Crippen molar-refractivity contribution in [3.8, 4) is 17.2 Å². The summed E-state index contributed by atoms with van der Waals surface area (Å²) in [6.45, 7) is 5.14. The Kier molecular flexibility index (Phi) is 5.80. The number of carbonyl (C=O) groups excluding carboxylic acids is 1. The number of rotatable bonds is 4. The Morgan fingerprint density at radius 3 is 2.15 bits per heavy atom. The van der Waals surface area contributed by atoms with E-state index in [2.05, 4.69) is 0 Å². The molecule has 1 aliphatic heterocycles. The summed E-state index contributed by atoms with van der Waals surface area (Å²) in [5.74, 6) is -0.722. The van der Waals surface area contributed by atoms with E-state index in [4.69, 9.17) is 14.2 Å². The highest BCUT2D eigenvalue weighted by molar-refractivity contribution is 7.99. The highest BCUT2D eigenvalue weighted by Gasteiger charge is 2.44. The normalized spacial score (nSPS) is 20.0. The van der Waals surface area contributed by atoms with Crippen LogP contribution in [0.4, 0.5) is 4.79 Å². The van der Waals surface area contributed by atoms with Gasteiger partial charge >= 0.3 is 12.1 Å². The predicted molar refractivity (Wildman–Crippen MR) is 95.9 cm³/mol. The van der Waals surface area contributed by atoms with Crippen LogP contribution in [0.25, 0.3) is 0 Å². The Labute approximate surface area is 156 Å². The van der Waals surface area contributed by atoms with Crippen LogP contribution in [0.1, 0.15) is 31.7 Å². The molecule has 2 rings (SSSR count). The molecule has 2 N–H and O–H groups in total. The SMILES string of the molecule is COc1cc(C2SC[C@@H](C(=O)O)N2C(=O)OC(C)(C)C)cc(OC)c1O. The lowest BCUT2D eigenvalue weighted by molar-refractivity contribution is -0.142. The largest absolute Gasteiger partial charge is 0.502 e. The quantitative estimate of drug-likeness (QED) is 0.815. The van der Waals surface area contributed by atoms with Gasteiger partial charge in [0.25, 0.3) is 0 Å². The van der Waals surface area contributed by atoms with Crippen LogP contribution < -0.4 is 9.47 Å². The van der Waals surface area contributed by atoms with Gasteiger partial charge in [-0.3, -0.25) is 4.90 Å². The van der Waals surface area contributed by atoms with Gasteiger partial charge in [-0.1, -0.05) is 0 Å². The number of carboxylic acids is 1.